The number of hydrogen-bond acceptors (Lipinski definition) is 6. The van der Waals surface area contributed by atoms with Crippen molar-refractivity contribution in [3.8, 4) is 0 Å². The van der Waals surface area contributed by atoms with Gasteiger partial charge in [0, 0.05) is 24.4 Å². The molecule has 1 aromatic rings. The third kappa shape index (κ3) is 4.67. The molecule has 2 N–H and O–H groups in total. The molecule has 0 aliphatic carbocycles. The van der Waals surface area contributed by atoms with Gasteiger partial charge in [-0.25, -0.2) is 4.79 Å². The Morgan fingerprint density at radius 3 is 2.80 bits per heavy atom. The third-order valence-corrected chi connectivity index (χ3v) is 2.72. The zero-order chi connectivity index (χ0) is 15.1. The second-order valence-corrected chi connectivity index (χ2v) is 4.24. The van der Waals surface area contributed by atoms with Gasteiger partial charge in [0.2, 0.25) is 0 Å². The maximum absolute atomic E-state index is 11.6. The van der Waals surface area contributed by atoms with E-state index in [1.807, 2.05) is 0 Å². The molecule has 1 aromatic carbocycles. The summed E-state index contributed by atoms with van der Waals surface area (Å²) in [5.74, 6) is -0.607. The molecule has 0 bridgehead atoms. The summed E-state index contributed by atoms with van der Waals surface area (Å²) in [6.45, 7) is 1.94. The Kier molecular flexibility index (Phi) is 6.20. The molecule has 0 aliphatic heterocycles. The molecule has 1 atom stereocenters. The molecule has 1 unspecified atom stereocenters. The van der Waals surface area contributed by atoms with Crippen molar-refractivity contribution in [1.82, 2.24) is 0 Å². The number of nitro groups is 1. The van der Waals surface area contributed by atoms with E-state index >= 15 is 0 Å². The number of aliphatic hydroxyl groups is 1. The van der Waals surface area contributed by atoms with Gasteiger partial charge in [-0.05, 0) is 13.0 Å². The number of alkyl halides is 1. The number of carbonyl (C=O) groups excluding carboxylic acids is 1. The molecule has 0 saturated heterocycles. The number of ether oxygens (including phenoxy) is 1. The molecule has 0 heterocycles. The van der Waals surface area contributed by atoms with Crippen LogP contribution in [0, 0.1) is 10.1 Å². The summed E-state index contributed by atoms with van der Waals surface area (Å²) < 4.78 is 4.80. The maximum atomic E-state index is 11.6. The van der Waals surface area contributed by atoms with E-state index in [4.69, 9.17) is 16.3 Å². The molecule has 20 heavy (non-hydrogen) atoms. The Bertz CT molecular complexity index is 495. The Balaban J connectivity index is 2.98. The van der Waals surface area contributed by atoms with E-state index < -0.39 is 17.0 Å². The van der Waals surface area contributed by atoms with E-state index in [0.29, 0.717) is 5.69 Å². The highest BCUT2D eigenvalue weighted by molar-refractivity contribution is 6.18. The molecule has 0 saturated carbocycles. The van der Waals surface area contributed by atoms with Crippen LogP contribution in [0.4, 0.5) is 11.4 Å². The number of nitrogens with one attached hydrogen (secondary N) is 1. The number of hydrogen-bond donors (Lipinski definition) is 2. The van der Waals surface area contributed by atoms with Crippen molar-refractivity contribution >= 4 is 28.9 Å². The van der Waals surface area contributed by atoms with Crippen LogP contribution in [0.3, 0.4) is 0 Å². The predicted octanol–water partition coefficient (Wildman–Crippen LogP) is 1.78. The van der Waals surface area contributed by atoms with Gasteiger partial charge in [0.15, 0.2) is 0 Å². The first kappa shape index (κ1) is 16.2. The molecule has 8 heteroatoms. The largest absolute Gasteiger partial charge is 0.462 e. The fourth-order valence-electron chi connectivity index (χ4n) is 1.44. The highest BCUT2D eigenvalue weighted by Crippen LogP contribution is 2.21. The lowest BCUT2D eigenvalue weighted by atomic mass is 10.1. The number of anilines is 1. The topological polar surface area (TPSA) is 102 Å². The third-order valence-electron chi connectivity index (χ3n) is 2.36. The summed E-state index contributed by atoms with van der Waals surface area (Å²) in [5, 5.41) is 23.0. The molecule has 0 amide bonds. The summed E-state index contributed by atoms with van der Waals surface area (Å²) in [6.07, 6.45) is -0.790. The zero-order valence-corrected chi connectivity index (χ0v) is 11.6. The Morgan fingerprint density at radius 1 is 1.55 bits per heavy atom. The first-order chi connectivity index (χ1) is 9.47. The van der Waals surface area contributed by atoms with Crippen LogP contribution < -0.4 is 5.32 Å². The highest BCUT2D eigenvalue weighted by atomic mass is 35.5. The fraction of sp³-hybridized carbons (Fsp3) is 0.417. The molecular weight excluding hydrogens is 288 g/mol. The van der Waals surface area contributed by atoms with Crippen molar-refractivity contribution in [2.24, 2.45) is 0 Å². The van der Waals surface area contributed by atoms with Crippen LogP contribution in [-0.2, 0) is 4.74 Å². The van der Waals surface area contributed by atoms with Crippen LogP contribution in [0.15, 0.2) is 18.2 Å². The number of nitro benzene ring substituents is 1. The van der Waals surface area contributed by atoms with Gasteiger partial charge in [0.1, 0.15) is 0 Å². The summed E-state index contributed by atoms with van der Waals surface area (Å²) in [5.41, 5.74) is 0.175. The summed E-state index contributed by atoms with van der Waals surface area (Å²) in [6, 6.07) is 3.83. The van der Waals surface area contributed by atoms with Gasteiger partial charge in [-0.15, -0.1) is 11.6 Å². The minimum absolute atomic E-state index is 0.0344. The van der Waals surface area contributed by atoms with Crippen LogP contribution in [0.2, 0.25) is 0 Å². The maximum Gasteiger partial charge on any atom is 0.338 e. The molecular formula is C12H15ClN2O5. The van der Waals surface area contributed by atoms with Crippen molar-refractivity contribution in [2.75, 3.05) is 24.3 Å². The van der Waals surface area contributed by atoms with E-state index in [9.17, 15) is 20.0 Å². The van der Waals surface area contributed by atoms with Gasteiger partial charge >= 0.3 is 5.97 Å². The van der Waals surface area contributed by atoms with E-state index in [2.05, 4.69) is 5.32 Å². The molecule has 0 fully saturated rings. The lowest BCUT2D eigenvalue weighted by molar-refractivity contribution is -0.384. The normalized spacial score (nSPS) is 11.8. The average molecular weight is 303 g/mol. The average Bonchev–Trinajstić information content (AvgIpc) is 2.44. The minimum Gasteiger partial charge on any atom is -0.462 e. The van der Waals surface area contributed by atoms with Crippen LogP contribution in [0.25, 0.3) is 0 Å². The van der Waals surface area contributed by atoms with Crippen molar-refractivity contribution < 1.29 is 19.6 Å². The first-order valence-corrected chi connectivity index (χ1v) is 6.45. The number of rotatable bonds is 7. The Morgan fingerprint density at radius 2 is 2.25 bits per heavy atom. The van der Waals surface area contributed by atoms with Crippen LogP contribution in [-0.4, -0.2) is 41.1 Å². The molecule has 110 valence electrons. The highest BCUT2D eigenvalue weighted by Gasteiger charge is 2.15. The second-order valence-electron chi connectivity index (χ2n) is 3.94. The van der Waals surface area contributed by atoms with Gasteiger partial charge < -0.3 is 15.2 Å². The van der Waals surface area contributed by atoms with Gasteiger partial charge in [-0.3, -0.25) is 10.1 Å². The van der Waals surface area contributed by atoms with Crippen LogP contribution in [0.5, 0.6) is 0 Å². The standard InChI is InChI=1S/C12H15ClN2O5/c1-2-20-12(17)8-3-9(14-7-11(16)6-13)5-10(4-8)15(18)19/h3-5,11,14,16H,2,6-7H2,1H3. The lowest BCUT2D eigenvalue weighted by Gasteiger charge is -2.11. The smallest absolute Gasteiger partial charge is 0.338 e. The Hall–Kier alpha value is -1.86. The number of halogens is 1. The lowest BCUT2D eigenvalue weighted by Crippen LogP contribution is -2.21. The van der Waals surface area contributed by atoms with Crippen LogP contribution >= 0.6 is 11.6 Å². The van der Waals surface area contributed by atoms with Gasteiger partial charge in [0.25, 0.3) is 5.69 Å². The van der Waals surface area contributed by atoms with Crippen molar-refractivity contribution in [2.45, 2.75) is 13.0 Å². The number of carbonyl (C=O) groups is 1. The number of nitrogens with zero attached hydrogens (tertiary/aromatic N) is 1. The number of benzene rings is 1. The first-order valence-electron chi connectivity index (χ1n) is 5.92. The summed E-state index contributed by atoms with van der Waals surface area (Å²) in [7, 11) is 0. The van der Waals surface area contributed by atoms with Gasteiger partial charge in [0.05, 0.1) is 29.1 Å². The number of aliphatic hydroxyl groups excluding tert-OH is 1. The van der Waals surface area contributed by atoms with E-state index in [1.54, 1.807) is 6.92 Å². The quantitative estimate of drug-likeness (QED) is 0.344. The minimum atomic E-state index is -0.790. The number of non-ortho nitro benzene ring substituents is 1. The van der Waals surface area contributed by atoms with E-state index in [1.165, 1.54) is 12.1 Å². The van der Waals surface area contributed by atoms with Crippen molar-refractivity contribution in [3.05, 3.63) is 33.9 Å². The molecule has 0 radical (unpaired) electrons. The molecule has 0 spiro atoms. The number of esters is 1. The molecule has 0 aromatic heterocycles. The summed E-state index contributed by atoms with van der Waals surface area (Å²) in [4.78, 5) is 21.9. The van der Waals surface area contributed by atoms with Crippen molar-refractivity contribution in [1.29, 1.82) is 0 Å². The van der Waals surface area contributed by atoms with E-state index in [-0.39, 0.29) is 30.3 Å². The fourth-order valence-corrected chi connectivity index (χ4v) is 1.55. The van der Waals surface area contributed by atoms with Crippen LogP contribution in [0.1, 0.15) is 17.3 Å². The Labute approximate surface area is 120 Å². The van der Waals surface area contributed by atoms with Gasteiger partial charge in [-0.1, -0.05) is 0 Å². The van der Waals surface area contributed by atoms with Crippen molar-refractivity contribution in [3.63, 3.8) is 0 Å². The molecule has 7 nitrogen and oxygen atoms in total. The SMILES string of the molecule is CCOC(=O)c1cc(NCC(O)CCl)cc([N+](=O)[O-])c1. The van der Waals surface area contributed by atoms with E-state index in [0.717, 1.165) is 6.07 Å². The van der Waals surface area contributed by atoms with Gasteiger partial charge in [-0.2, -0.15) is 0 Å². The second kappa shape index (κ2) is 7.66. The molecule has 1 rings (SSSR count). The zero-order valence-electron chi connectivity index (χ0n) is 10.8. The molecule has 0 aliphatic rings. The monoisotopic (exact) mass is 302 g/mol. The summed E-state index contributed by atoms with van der Waals surface area (Å²) >= 11 is 5.45. The predicted molar refractivity (Wildman–Crippen MR) is 74.3 cm³/mol.